The summed E-state index contributed by atoms with van der Waals surface area (Å²) in [5.74, 6) is 0.238. The largest absolute Gasteiger partial charge is 0.392 e. The van der Waals surface area contributed by atoms with E-state index in [2.05, 4.69) is 19.9 Å². The zero-order valence-electron chi connectivity index (χ0n) is 17.4. The fourth-order valence-electron chi connectivity index (χ4n) is 4.87. The van der Waals surface area contributed by atoms with Gasteiger partial charge < -0.3 is 5.11 Å². The number of carbonyl (C=O) groups is 1. The number of rotatable bonds is 10. The van der Waals surface area contributed by atoms with E-state index in [4.69, 9.17) is 0 Å². The normalized spacial score (nSPS) is 27.9. The molecule has 1 fully saturated rings. The van der Waals surface area contributed by atoms with Gasteiger partial charge in [-0.1, -0.05) is 76.9 Å². The molecule has 26 heavy (non-hydrogen) atoms. The molecule has 2 aliphatic carbocycles. The zero-order chi connectivity index (χ0) is 19.0. The summed E-state index contributed by atoms with van der Waals surface area (Å²) in [7, 11) is 0. The lowest BCUT2D eigenvalue weighted by Gasteiger charge is -2.45. The Morgan fingerprint density at radius 1 is 1.08 bits per heavy atom. The number of carbonyl (C=O) groups excluding carboxylic acids is 1. The second-order valence-electron chi connectivity index (χ2n) is 8.78. The summed E-state index contributed by atoms with van der Waals surface area (Å²) in [6.07, 6.45) is 18.5. The van der Waals surface area contributed by atoms with Crippen LogP contribution >= 0.6 is 0 Å². The molecule has 0 aliphatic heterocycles. The van der Waals surface area contributed by atoms with Gasteiger partial charge in [-0.05, 0) is 56.6 Å². The minimum absolute atomic E-state index is 0.208. The van der Waals surface area contributed by atoms with Crippen molar-refractivity contribution < 1.29 is 9.90 Å². The predicted molar refractivity (Wildman–Crippen MR) is 110 cm³/mol. The molecule has 0 amide bonds. The van der Waals surface area contributed by atoms with Crippen LogP contribution < -0.4 is 0 Å². The van der Waals surface area contributed by atoms with E-state index in [1.165, 1.54) is 63.4 Å². The minimum Gasteiger partial charge on any atom is -0.392 e. The summed E-state index contributed by atoms with van der Waals surface area (Å²) >= 11 is 0. The average molecular weight is 361 g/mol. The van der Waals surface area contributed by atoms with Gasteiger partial charge in [-0.3, -0.25) is 4.79 Å². The first-order chi connectivity index (χ1) is 12.5. The summed E-state index contributed by atoms with van der Waals surface area (Å²) in [6.45, 7) is 6.40. The predicted octanol–water partition coefficient (Wildman–Crippen LogP) is 6.67. The van der Waals surface area contributed by atoms with Gasteiger partial charge >= 0.3 is 0 Å². The molecule has 2 aliphatic rings. The van der Waals surface area contributed by atoms with Crippen LogP contribution in [0.15, 0.2) is 22.8 Å². The fourth-order valence-corrected chi connectivity index (χ4v) is 4.87. The molecule has 0 bridgehead atoms. The molecule has 2 atom stereocenters. The molecular weight excluding hydrogens is 320 g/mol. The third-order valence-corrected chi connectivity index (χ3v) is 6.67. The molecule has 0 aromatic heterocycles. The maximum absolute atomic E-state index is 12.7. The number of hydrogen-bond acceptors (Lipinski definition) is 2. The van der Waals surface area contributed by atoms with Crippen LogP contribution in [0.5, 0.6) is 0 Å². The lowest BCUT2D eigenvalue weighted by Crippen LogP contribution is -2.42. The van der Waals surface area contributed by atoms with Gasteiger partial charge in [-0.2, -0.15) is 0 Å². The highest BCUT2D eigenvalue weighted by Crippen LogP contribution is 2.50. The Hall–Kier alpha value is -0.890. The van der Waals surface area contributed by atoms with Gasteiger partial charge in [-0.15, -0.1) is 0 Å². The number of unbranched alkanes of at least 4 members (excludes halogenated alkanes) is 9. The van der Waals surface area contributed by atoms with Crippen LogP contribution in [-0.4, -0.2) is 17.0 Å². The molecule has 0 saturated heterocycles. The molecule has 2 nitrogen and oxygen atoms in total. The smallest absolute Gasteiger partial charge is 0.184 e. The Bertz CT molecular complexity index is 528. The molecule has 0 heterocycles. The average Bonchev–Trinajstić information content (AvgIpc) is 2.62. The van der Waals surface area contributed by atoms with Crippen LogP contribution in [-0.2, 0) is 4.79 Å². The van der Waals surface area contributed by atoms with Gasteiger partial charge in [-0.25, -0.2) is 0 Å². The van der Waals surface area contributed by atoms with E-state index in [0.29, 0.717) is 0 Å². The van der Waals surface area contributed by atoms with Crippen molar-refractivity contribution in [1.29, 1.82) is 0 Å². The Morgan fingerprint density at radius 3 is 2.35 bits per heavy atom. The van der Waals surface area contributed by atoms with Crippen LogP contribution in [0.3, 0.4) is 0 Å². The molecule has 0 aromatic carbocycles. The maximum atomic E-state index is 12.7. The van der Waals surface area contributed by atoms with E-state index >= 15 is 0 Å². The van der Waals surface area contributed by atoms with E-state index in [0.717, 1.165) is 43.3 Å². The third-order valence-electron chi connectivity index (χ3n) is 6.67. The van der Waals surface area contributed by atoms with Gasteiger partial charge in [0.05, 0.1) is 6.10 Å². The quantitative estimate of drug-likeness (QED) is 0.349. The van der Waals surface area contributed by atoms with Crippen molar-refractivity contribution in [2.75, 3.05) is 0 Å². The van der Waals surface area contributed by atoms with Crippen LogP contribution in [0.4, 0.5) is 0 Å². The first-order valence-electron chi connectivity index (χ1n) is 11.1. The second-order valence-corrected chi connectivity index (χ2v) is 8.78. The molecule has 0 unspecified atom stereocenters. The fraction of sp³-hybridized carbons (Fsp3) is 0.792. The van der Waals surface area contributed by atoms with Gasteiger partial charge in [0.25, 0.3) is 0 Å². The van der Waals surface area contributed by atoms with Crippen molar-refractivity contribution >= 4 is 5.78 Å². The van der Waals surface area contributed by atoms with Crippen molar-refractivity contribution in [2.24, 2.45) is 5.41 Å². The first kappa shape index (κ1) is 21.4. The van der Waals surface area contributed by atoms with Crippen molar-refractivity contribution in [3.05, 3.63) is 22.8 Å². The topological polar surface area (TPSA) is 37.3 Å². The Balaban J connectivity index is 1.77. The number of ketones is 1. The third kappa shape index (κ3) is 5.31. The second kappa shape index (κ2) is 10.4. The zero-order valence-corrected chi connectivity index (χ0v) is 17.4. The number of aliphatic hydroxyl groups excluding tert-OH is 1. The summed E-state index contributed by atoms with van der Waals surface area (Å²) in [4.78, 5) is 12.7. The number of aliphatic hydroxyl groups is 1. The Kier molecular flexibility index (Phi) is 8.60. The number of fused-ring (bicyclic) bond motifs is 1. The molecule has 148 valence electrons. The lowest BCUT2D eigenvalue weighted by atomic mass is 9.61. The van der Waals surface area contributed by atoms with Gasteiger partial charge in [0.15, 0.2) is 5.78 Å². The van der Waals surface area contributed by atoms with E-state index in [1.807, 2.05) is 6.92 Å². The Labute approximate surface area is 161 Å². The number of Topliss-reactive ketones (excluding diaryl/α,β-unsaturated/α-hetero) is 1. The standard InChI is InChI=1S/C24H40O2/c1-4-5-6-7-8-9-10-11-12-13-15-20-18-24(3)21(19(2)23(20)26)16-14-17-22(24)25/h15,22,25H,4-14,16-18H2,1-3H3/t22-,24-/m0/s1. The number of hydrogen-bond donors (Lipinski definition) is 1. The molecule has 0 aromatic rings. The highest BCUT2D eigenvalue weighted by atomic mass is 16.3. The summed E-state index contributed by atoms with van der Waals surface area (Å²) in [6, 6.07) is 0. The van der Waals surface area contributed by atoms with Crippen molar-refractivity contribution in [1.82, 2.24) is 0 Å². The molecule has 0 radical (unpaired) electrons. The van der Waals surface area contributed by atoms with Crippen LogP contribution in [0.1, 0.15) is 111 Å². The molecule has 2 heteroatoms. The molecule has 0 spiro atoms. The van der Waals surface area contributed by atoms with Crippen LogP contribution in [0.2, 0.25) is 0 Å². The number of allylic oxidation sites excluding steroid dienone is 3. The first-order valence-corrected chi connectivity index (χ1v) is 11.1. The van der Waals surface area contributed by atoms with Crippen molar-refractivity contribution in [3.63, 3.8) is 0 Å². The van der Waals surface area contributed by atoms with E-state index in [9.17, 15) is 9.90 Å². The van der Waals surface area contributed by atoms with Crippen molar-refractivity contribution in [2.45, 2.75) is 117 Å². The van der Waals surface area contributed by atoms with E-state index < -0.39 is 0 Å². The molecular formula is C24H40O2. The monoisotopic (exact) mass is 360 g/mol. The Morgan fingerprint density at radius 2 is 1.69 bits per heavy atom. The van der Waals surface area contributed by atoms with Crippen LogP contribution in [0.25, 0.3) is 0 Å². The lowest BCUT2D eigenvalue weighted by molar-refractivity contribution is -0.113. The highest BCUT2D eigenvalue weighted by Gasteiger charge is 2.45. The van der Waals surface area contributed by atoms with Gasteiger partial charge in [0.2, 0.25) is 0 Å². The van der Waals surface area contributed by atoms with Crippen molar-refractivity contribution in [3.8, 4) is 0 Å². The summed E-state index contributed by atoms with van der Waals surface area (Å²) in [5.41, 5.74) is 2.88. The minimum atomic E-state index is -0.301. The summed E-state index contributed by atoms with van der Waals surface area (Å²) in [5, 5.41) is 10.6. The van der Waals surface area contributed by atoms with E-state index in [-0.39, 0.29) is 17.3 Å². The SMILES string of the molecule is CCCCCCCCCCCC=C1C[C@@]2(C)C(=C(C)C1=O)CCC[C@@H]2O. The van der Waals surface area contributed by atoms with Crippen LogP contribution in [0, 0.1) is 5.41 Å². The van der Waals surface area contributed by atoms with E-state index in [1.54, 1.807) is 0 Å². The highest BCUT2D eigenvalue weighted by molar-refractivity contribution is 6.09. The van der Waals surface area contributed by atoms with Gasteiger partial charge in [0, 0.05) is 5.41 Å². The van der Waals surface area contributed by atoms with Gasteiger partial charge in [0.1, 0.15) is 0 Å². The summed E-state index contributed by atoms with van der Waals surface area (Å²) < 4.78 is 0. The molecule has 2 rings (SSSR count). The molecule has 1 N–H and O–H groups in total. The maximum Gasteiger partial charge on any atom is 0.184 e. The molecule has 1 saturated carbocycles.